The van der Waals surface area contributed by atoms with E-state index in [1.54, 1.807) is 12.1 Å². The van der Waals surface area contributed by atoms with Gasteiger partial charge in [0.1, 0.15) is 5.75 Å². The molecule has 1 aromatic carbocycles. The van der Waals surface area contributed by atoms with Crippen molar-refractivity contribution in [1.29, 1.82) is 0 Å². The Morgan fingerprint density at radius 1 is 1.47 bits per heavy atom. The van der Waals surface area contributed by atoms with Crippen LogP contribution in [0.5, 0.6) is 5.75 Å². The summed E-state index contributed by atoms with van der Waals surface area (Å²) in [6, 6.07) is 4.77. The molecule has 0 aliphatic rings. The third kappa shape index (κ3) is 3.68. The highest BCUT2D eigenvalue weighted by molar-refractivity contribution is 6.32. The van der Waals surface area contributed by atoms with Gasteiger partial charge in [-0.25, -0.2) is 4.39 Å². The molecule has 5 heteroatoms. The van der Waals surface area contributed by atoms with Gasteiger partial charge in [-0.2, -0.15) is 0 Å². The highest BCUT2D eigenvalue weighted by Gasteiger charge is 2.06. The molecule has 82 valence electrons. The standard InChI is InChI=1S/C10H9Cl2FO2/c11-5-8(14)3-7-1-2-9(12)10(4-7)15-6-13/h1-2,4H,3,5-6H2. The highest BCUT2D eigenvalue weighted by atomic mass is 35.5. The van der Waals surface area contributed by atoms with Gasteiger partial charge >= 0.3 is 0 Å². The summed E-state index contributed by atoms with van der Waals surface area (Å²) in [5, 5.41) is 0.315. The number of carbonyl (C=O) groups is 1. The lowest BCUT2D eigenvalue weighted by atomic mass is 10.1. The zero-order valence-electron chi connectivity index (χ0n) is 7.80. The van der Waals surface area contributed by atoms with E-state index in [2.05, 4.69) is 4.74 Å². The molecule has 0 bridgehead atoms. The lowest BCUT2D eigenvalue weighted by Crippen LogP contribution is -2.04. The van der Waals surface area contributed by atoms with Crippen LogP contribution >= 0.6 is 23.2 Å². The van der Waals surface area contributed by atoms with Crippen molar-refractivity contribution in [2.24, 2.45) is 0 Å². The van der Waals surface area contributed by atoms with Crippen LogP contribution in [0.25, 0.3) is 0 Å². The molecular formula is C10H9Cl2FO2. The van der Waals surface area contributed by atoms with E-state index in [1.807, 2.05) is 0 Å². The number of ether oxygens (including phenoxy) is 1. The Bertz CT molecular complexity index is 355. The van der Waals surface area contributed by atoms with Gasteiger partial charge in [0.2, 0.25) is 6.86 Å². The second kappa shape index (κ2) is 5.93. The fourth-order valence-electron chi connectivity index (χ4n) is 1.10. The summed E-state index contributed by atoms with van der Waals surface area (Å²) < 4.78 is 16.6. The van der Waals surface area contributed by atoms with Crippen molar-refractivity contribution in [1.82, 2.24) is 0 Å². The van der Waals surface area contributed by atoms with E-state index in [1.165, 1.54) is 6.07 Å². The second-order valence-corrected chi connectivity index (χ2v) is 3.54. The number of Topliss-reactive ketones (excluding diaryl/α,β-unsaturated/α-hetero) is 1. The molecule has 0 aliphatic heterocycles. The van der Waals surface area contributed by atoms with E-state index in [4.69, 9.17) is 23.2 Å². The Hall–Kier alpha value is -0.800. The van der Waals surface area contributed by atoms with Gasteiger partial charge in [-0.3, -0.25) is 4.79 Å². The van der Waals surface area contributed by atoms with Gasteiger partial charge < -0.3 is 4.74 Å². The van der Waals surface area contributed by atoms with Crippen LogP contribution in [0.1, 0.15) is 5.56 Å². The summed E-state index contributed by atoms with van der Waals surface area (Å²) in [7, 11) is 0. The maximum absolute atomic E-state index is 12.0. The van der Waals surface area contributed by atoms with E-state index in [9.17, 15) is 9.18 Å². The van der Waals surface area contributed by atoms with E-state index >= 15 is 0 Å². The zero-order valence-corrected chi connectivity index (χ0v) is 9.32. The summed E-state index contributed by atoms with van der Waals surface area (Å²) in [4.78, 5) is 11.1. The first-order valence-corrected chi connectivity index (χ1v) is 5.13. The summed E-state index contributed by atoms with van der Waals surface area (Å²) in [5.74, 6) is 0.0892. The molecule has 0 radical (unpaired) electrons. The van der Waals surface area contributed by atoms with E-state index in [0.717, 1.165) is 0 Å². The average Bonchev–Trinajstić information content (AvgIpc) is 2.23. The first-order chi connectivity index (χ1) is 7.17. The van der Waals surface area contributed by atoms with Gasteiger partial charge in [0, 0.05) is 6.42 Å². The molecule has 0 aromatic heterocycles. The summed E-state index contributed by atoms with van der Waals surface area (Å²) >= 11 is 11.1. The molecule has 0 N–H and O–H groups in total. The first-order valence-electron chi connectivity index (χ1n) is 4.22. The minimum Gasteiger partial charge on any atom is -0.461 e. The number of carbonyl (C=O) groups excluding carboxylic acids is 1. The number of ketones is 1. The lowest BCUT2D eigenvalue weighted by Gasteiger charge is -2.06. The molecule has 0 saturated carbocycles. The summed E-state index contributed by atoms with van der Waals surface area (Å²) in [5.41, 5.74) is 0.702. The fraction of sp³-hybridized carbons (Fsp3) is 0.300. The fourth-order valence-corrected chi connectivity index (χ4v) is 1.37. The van der Waals surface area contributed by atoms with Crippen molar-refractivity contribution in [3.63, 3.8) is 0 Å². The molecule has 0 saturated heterocycles. The molecule has 0 amide bonds. The van der Waals surface area contributed by atoms with Gasteiger partial charge in [0.25, 0.3) is 0 Å². The average molecular weight is 251 g/mol. The van der Waals surface area contributed by atoms with Crippen molar-refractivity contribution in [2.75, 3.05) is 12.7 Å². The van der Waals surface area contributed by atoms with Crippen LogP contribution < -0.4 is 4.74 Å². The quantitative estimate of drug-likeness (QED) is 0.752. The molecule has 0 atom stereocenters. The number of hydrogen-bond acceptors (Lipinski definition) is 2. The molecule has 0 aliphatic carbocycles. The van der Waals surface area contributed by atoms with E-state index in [-0.39, 0.29) is 23.8 Å². The van der Waals surface area contributed by atoms with Crippen molar-refractivity contribution in [3.05, 3.63) is 28.8 Å². The van der Waals surface area contributed by atoms with Gasteiger partial charge in [-0.1, -0.05) is 17.7 Å². The Kier molecular flexibility index (Phi) is 4.85. The summed E-state index contributed by atoms with van der Waals surface area (Å²) in [6.07, 6.45) is 0.198. The minimum atomic E-state index is -0.952. The zero-order chi connectivity index (χ0) is 11.3. The van der Waals surface area contributed by atoms with Gasteiger partial charge in [-0.15, -0.1) is 11.6 Å². The van der Waals surface area contributed by atoms with Crippen molar-refractivity contribution < 1.29 is 13.9 Å². The molecule has 1 rings (SSSR count). The monoisotopic (exact) mass is 250 g/mol. The molecule has 15 heavy (non-hydrogen) atoms. The highest BCUT2D eigenvalue weighted by Crippen LogP contribution is 2.25. The van der Waals surface area contributed by atoms with Crippen molar-refractivity contribution in [2.45, 2.75) is 6.42 Å². The van der Waals surface area contributed by atoms with Crippen LogP contribution in [0, 0.1) is 0 Å². The number of halogens is 3. The second-order valence-electron chi connectivity index (χ2n) is 2.87. The Balaban J connectivity index is 2.82. The molecule has 0 fully saturated rings. The molecule has 0 heterocycles. The molecule has 0 unspecified atom stereocenters. The van der Waals surface area contributed by atoms with Crippen LogP contribution in [0.2, 0.25) is 5.02 Å². The minimum absolute atomic E-state index is 0.0398. The van der Waals surface area contributed by atoms with E-state index in [0.29, 0.717) is 10.6 Å². The van der Waals surface area contributed by atoms with Crippen molar-refractivity contribution in [3.8, 4) is 5.75 Å². The maximum atomic E-state index is 12.0. The van der Waals surface area contributed by atoms with Gasteiger partial charge in [0.15, 0.2) is 5.78 Å². The smallest absolute Gasteiger partial charge is 0.228 e. The van der Waals surface area contributed by atoms with Crippen LogP contribution in [-0.4, -0.2) is 18.5 Å². The third-order valence-electron chi connectivity index (χ3n) is 1.76. The predicted molar refractivity (Wildman–Crippen MR) is 57.5 cm³/mol. The Labute approximate surface area is 96.9 Å². The third-order valence-corrected chi connectivity index (χ3v) is 2.37. The molecular weight excluding hydrogens is 242 g/mol. The SMILES string of the molecule is O=C(CCl)Cc1ccc(Cl)c(OCF)c1. The van der Waals surface area contributed by atoms with Gasteiger partial charge in [-0.05, 0) is 17.7 Å². The van der Waals surface area contributed by atoms with Crippen molar-refractivity contribution >= 4 is 29.0 Å². The first kappa shape index (κ1) is 12.3. The van der Waals surface area contributed by atoms with Crippen LogP contribution in [-0.2, 0) is 11.2 Å². The van der Waals surface area contributed by atoms with Gasteiger partial charge in [0.05, 0.1) is 10.9 Å². The molecule has 2 nitrogen and oxygen atoms in total. The number of hydrogen-bond donors (Lipinski definition) is 0. The number of alkyl halides is 2. The topological polar surface area (TPSA) is 26.3 Å². The maximum Gasteiger partial charge on any atom is 0.228 e. The van der Waals surface area contributed by atoms with Crippen LogP contribution in [0.15, 0.2) is 18.2 Å². The predicted octanol–water partition coefficient (Wildman–Crippen LogP) is 3.00. The number of benzene rings is 1. The van der Waals surface area contributed by atoms with E-state index < -0.39 is 6.86 Å². The molecule has 1 aromatic rings. The Morgan fingerprint density at radius 3 is 2.80 bits per heavy atom. The Morgan fingerprint density at radius 2 is 2.20 bits per heavy atom. The molecule has 0 spiro atoms. The van der Waals surface area contributed by atoms with Crippen LogP contribution in [0.4, 0.5) is 4.39 Å². The largest absolute Gasteiger partial charge is 0.461 e. The lowest BCUT2D eigenvalue weighted by molar-refractivity contribution is -0.116. The normalized spacial score (nSPS) is 10.1. The number of rotatable bonds is 5. The van der Waals surface area contributed by atoms with Crippen LogP contribution in [0.3, 0.4) is 0 Å². The summed E-state index contributed by atoms with van der Waals surface area (Å²) in [6.45, 7) is -0.952.